The largest absolute Gasteiger partial charge is 0.493 e. The molecule has 1 aromatic carbocycles. The number of unbranched alkanes of at least 4 members (excludes halogenated alkanes) is 7. The van der Waals surface area contributed by atoms with Crippen LogP contribution in [0.3, 0.4) is 0 Å². The Kier molecular flexibility index (Phi) is 9.72. The van der Waals surface area contributed by atoms with E-state index in [9.17, 15) is 4.79 Å². The van der Waals surface area contributed by atoms with Crippen LogP contribution in [0.2, 0.25) is 0 Å². The van der Waals surface area contributed by atoms with Gasteiger partial charge in [0.05, 0.1) is 12.5 Å². The fourth-order valence-corrected chi connectivity index (χ4v) is 3.73. The number of rotatable bonds is 14. The van der Waals surface area contributed by atoms with Crippen molar-refractivity contribution >= 4 is 5.91 Å². The van der Waals surface area contributed by atoms with Crippen LogP contribution in [0, 0.1) is 0 Å². The zero-order valence-corrected chi connectivity index (χ0v) is 17.7. The van der Waals surface area contributed by atoms with E-state index in [2.05, 4.69) is 19.9 Å². The van der Waals surface area contributed by atoms with Crippen LogP contribution in [0.5, 0.6) is 5.75 Å². The summed E-state index contributed by atoms with van der Waals surface area (Å²) in [5.74, 6) is 1.04. The van der Waals surface area contributed by atoms with Crippen molar-refractivity contribution in [1.82, 2.24) is 4.90 Å². The molecule has 1 atom stereocenters. The zero-order valence-electron chi connectivity index (χ0n) is 17.7. The van der Waals surface area contributed by atoms with Crippen LogP contribution in [0.4, 0.5) is 0 Å². The second-order valence-corrected chi connectivity index (χ2v) is 8.00. The normalized spacial score (nSPS) is 14.8. The Labute approximate surface area is 166 Å². The summed E-state index contributed by atoms with van der Waals surface area (Å²) in [6, 6.07) is 8.57. The van der Waals surface area contributed by atoms with Crippen LogP contribution >= 0.6 is 0 Å². The van der Waals surface area contributed by atoms with Gasteiger partial charge in [0, 0.05) is 18.7 Å². The van der Waals surface area contributed by atoms with Gasteiger partial charge >= 0.3 is 0 Å². The minimum absolute atomic E-state index is 0.0923. The highest BCUT2D eigenvalue weighted by atomic mass is 16.5. The highest BCUT2D eigenvalue weighted by Gasteiger charge is 2.34. The predicted octanol–water partition coefficient (Wildman–Crippen LogP) is 6.32. The van der Waals surface area contributed by atoms with Crippen molar-refractivity contribution in [3.8, 4) is 5.75 Å². The van der Waals surface area contributed by atoms with Crippen LogP contribution in [0.15, 0.2) is 24.3 Å². The van der Waals surface area contributed by atoms with Gasteiger partial charge in [0.1, 0.15) is 5.75 Å². The van der Waals surface area contributed by atoms with Gasteiger partial charge in [0.15, 0.2) is 0 Å². The molecule has 0 radical (unpaired) electrons. The predicted molar refractivity (Wildman–Crippen MR) is 113 cm³/mol. The standard InChI is InChI=1S/C24H39NO2/c1-4-6-7-8-9-10-11-14-19-27-23-16-13-12-15-22(23)21(5-2)24(26)25(3)20-17-18-20/h12-13,15-16,20-21H,4-11,14,17-19H2,1-3H3. The Morgan fingerprint density at radius 3 is 2.30 bits per heavy atom. The van der Waals surface area contributed by atoms with Gasteiger partial charge in [0.25, 0.3) is 0 Å². The average Bonchev–Trinajstić information content (AvgIpc) is 3.53. The van der Waals surface area contributed by atoms with Crippen molar-refractivity contribution in [2.24, 2.45) is 0 Å². The average molecular weight is 374 g/mol. The quantitative estimate of drug-likeness (QED) is 0.357. The summed E-state index contributed by atoms with van der Waals surface area (Å²) in [7, 11) is 1.95. The first-order chi connectivity index (χ1) is 13.2. The van der Waals surface area contributed by atoms with Gasteiger partial charge in [-0.1, -0.05) is 77.0 Å². The molecule has 1 unspecified atom stereocenters. The Morgan fingerprint density at radius 1 is 1.04 bits per heavy atom. The van der Waals surface area contributed by atoms with E-state index in [1.54, 1.807) is 0 Å². The zero-order chi connectivity index (χ0) is 19.5. The minimum Gasteiger partial charge on any atom is -0.493 e. The number of hydrogen-bond donors (Lipinski definition) is 0. The first kappa shape index (κ1) is 21.8. The molecule has 3 nitrogen and oxygen atoms in total. The first-order valence-electron chi connectivity index (χ1n) is 11.2. The monoisotopic (exact) mass is 373 g/mol. The molecule has 0 heterocycles. The molecule has 1 saturated carbocycles. The molecule has 0 aliphatic heterocycles. The van der Waals surface area contributed by atoms with Gasteiger partial charge in [-0.15, -0.1) is 0 Å². The summed E-state index contributed by atoms with van der Waals surface area (Å²) < 4.78 is 6.10. The smallest absolute Gasteiger partial charge is 0.230 e. The Morgan fingerprint density at radius 2 is 1.67 bits per heavy atom. The van der Waals surface area contributed by atoms with Crippen LogP contribution in [0.25, 0.3) is 0 Å². The van der Waals surface area contributed by atoms with Gasteiger partial charge in [-0.2, -0.15) is 0 Å². The molecule has 1 aliphatic rings. The minimum atomic E-state index is -0.0923. The molecule has 3 heteroatoms. The fraction of sp³-hybridized carbons (Fsp3) is 0.708. The fourth-order valence-electron chi connectivity index (χ4n) is 3.73. The maximum atomic E-state index is 12.9. The lowest BCUT2D eigenvalue weighted by Gasteiger charge is -2.24. The summed E-state index contributed by atoms with van der Waals surface area (Å²) >= 11 is 0. The molecule has 0 aromatic heterocycles. The Hall–Kier alpha value is -1.51. The molecule has 27 heavy (non-hydrogen) atoms. The molecule has 0 spiro atoms. The summed E-state index contributed by atoms with van der Waals surface area (Å²) in [6.45, 7) is 5.10. The summed E-state index contributed by atoms with van der Waals surface area (Å²) in [5.41, 5.74) is 1.05. The molecular weight excluding hydrogens is 334 g/mol. The van der Waals surface area contributed by atoms with Crippen molar-refractivity contribution in [3.05, 3.63) is 29.8 Å². The SMILES string of the molecule is CCCCCCCCCCOc1ccccc1C(CC)C(=O)N(C)C1CC1. The van der Waals surface area contributed by atoms with Gasteiger partial charge in [-0.05, 0) is 31.7 Å². The number of benzene rings is 1. The molecule has 1 aromatic rings. The lowest BCUT2D eigenvalue weighted by Crippen LogP contribution is -2.33. The van der Waals surface area contributed by atoms with Gasteiger partial charge in [0.2, 0.25) is 5.91 Å². The van der Waals surface area contributed by atoms with Gasteiger partial charge in [-0.25, -0.2) is 0 Å². The van der Waals surface area contributed by atoms with E-state index in [1.807, 2.05) is 30.1 Å². The molecule has 1 fully saturated rings. The number of likely N-dealkylation sites (N-methyl/N-ethyl adjacent to an activating group) is 1. The second kappa shape index (κ2) is 12.0. The van der Waals surface area contributed by atoms with E-state index in [1.165, 1.54) is 44.9 Å². The molecule has 1 amide bonds. The summed E-state index contributed by atoms with van der Waals surface area (Å²) in [6.07, 6.45) is 13.5. The van der Waals surface area contributed by atoms with Crippen molar-refractivity contribution < 1.29 is 9.53 Å². The Bertz CT molecular complexity index is 553. The maximum absolute atomic E-state index is 12.9. The van der Waals surface area contributed by atoms with Crippen molar-refractivity contribution in [2.75, 3.05) is 13.7 Å². The lowest BCUT2D eigenvalue weighted by atomic mass is 9.94. The van der Waals surface area contributed by atoms with Gasteiger partial charge in [-0.3, -0.25) is 4.79 Å². The number of ether oxygens (including phenoxy) is 1. The Balaban J connectivity index is 1.79. The highest BCUT2D eigenvalue weighted by Crippen LogP contribution is 2.34. The number of para-hydroxylation sites is 1. The van der Waals surface area contributed by atoms with Crippen molar-refractivity contribution in [1.29, 1.82) is 0 Å². The first-order valence-corrected chi connectivity index (χ1v) is 11.2. The third-order valence-corrected chi connectivity index (χ3v) is 5.70. The maximum Gasteiger partial charge on any atom is 0.230 e. The number of carbonyl (C=O) groups excluding carboxylic acids is 1. The van der Waals surface area contributed by atoms with E-state index >= 15 is 0 Å². The van der Waals surface area contributed by atoms with Crippen molar-refractivity contribution in [3.63, 3.8) is 0 Å². The third-order valence-electron chi connectivity index (χ3n) is 5.70. The molecule has 2 rings (SSSR count). The van der Waals surface area contributed by atoms with Gasteiger partial charge < -0.3 is 9.64 Å². The summed E-state index contributed by atoms with van der Waals surface area (Å²) in [5, 5.41) is 0. The van der Waals surface area contributed by atoms with Crippen molar-refractivity contribution in [2.45, 2.75) is 96.4 Å². The van der Waals surface area contributed by atoms with E-state index in [-0.39, 0.29) is 11.8 Å². The molecule has 152 valence electrons. The van der Waals surface area contributed by atoms with E-state index in [0.717, 1.165) is 43.6 Å². The van der Waals surface area contributed by atoms with E-state index < -0.39 is 0 Å². The van der Waals surface area contributed by atoms with Crippen LogP contribution in [-0.2, 0) is 4.79 Å². The molecular formula is C24H39NO2. The molecule has 1 aliphatic carbocycles. The van der Waals surface area contributed by atoms with Crippen LogP contribution in [-0.4, -0.2) is 30.5 Å². The van der Waals surface area contributed by atoms with Crippen LogP contribution < -0.4 is 4.74 Å². The van der Waals surface area contributed by atoms with Crippen LogP contribution in [0.1, 0.15) is 96.0 Å². The van der Waals surface area contributed by atoms with E-state index in [4.69, 9.17) is 4.74 Å². The molecule has 0 saturated heterocycles. The summed E-state index contributed by atoms with van der Waals surface area (Å²) in [4.78, 5) is 14.8. The van der Waals surface area contributed by atoms with E-state index in [0.29, 0.717) is 6.04 Å². The topological polar surface area (TPSA) is 29.5 Å². The number of carbonyl (C=O) groups is 1. The lowest BCUT2D eigenvalue weighted by molar-refractivity contribution is -0.132. The third kappa shape index (κ3) is 7.20. The second-order valence-electron chi connectivity index (χ2n) is 8.00. The molecule has 0 N–H and O–H groups in total. The number of nitrogens with zero attached hydrogens (tertiary/aromatic N) is 1. The number of amides is 1. The highest BCUT2D eigenvalue weighted by molar-refractivity contribution is 5.84. The molecule has 0 bridgehead atoms. The number of hydrogen-bond acceptors (Lipinski definition) is 2.